The highest BCUT2D eigenvalue weighted by Gasteiger charge is 2.18. The maximum absolute atomic E-state index is 12.6. The van der Waals surface area contributed by atoms with Crippen LogP contribution in [0.5, 0.6) is 17.4 Å². The lowest BCUT2D eigenvalue weighted by molar-refractivity contribution is 0.104. The quantitative estimate of drug-likeness (QED) is 0.339. The molecular weight excluding hydrogens is 448 g/mol. The topological polar surface area (TPSA) is 129 Å². The molecule has 172 valence electrons. The Morgan fingerprint density at radius 3 is 2.27 bits per heavy atom. The minimum Gasteiger partial charge on any atom is -0.493 e. The molecule has 0 fully saturated rings. The first kappa shape index (κ1) is 23.5. The van der Waals surface area contributed by atoms with Crippen molar-refractivity contribution < 1.29 is 27.4 Å². The van der Waals surface area contributed by atoms with Gasteiger partial charge in [-0.05, 0) is 42.5 Å². The van der Waals surface area contributed by atoms with Crippen molar-refractivity contribution in [2.45, 2.75) is 4.90 Å². The van der Waals surface area contributed by atoms with Crippen LogP contribution >= 0.6 is 0 Å². The maximum atomic E-state index is 12.6. The molecule has 1 heterocycles. The number of nitrogens with one attached hydrogen (secondary N) is 2. The fourth-order valence-electron chi connectivity index (χ4n) is 2.76. The number of hydrogen-bond donors (Lipinski definition) is 2. The summed E-state index contributed by atoms with van der Waals surface area (Å²) in [5.74, 6) is 0.778. The Morgan fingerprint density at radius 1 is 0.909 bits per heavy atom. The summed E-state index contributed by atoms with van der Waals surface area (Å²) in [5, 5.41) is 2.93. The summed E-state index contributed by atoms with van der Waals surface area (Å²) in [7, 11) is 0.476. The van der Waals surface area contributed by atoms with Crippen LogP contribution in [0.15, 0.2) is 72.0 Å². The van der Waals surface area contributed by atoms with Crippen LogP contribution in [0, 0.1) is 0 Å². The molecule has 0 bridgehead atoms. The van der Waals surface area contributed by atoms with E-state index < -0.39 is 10.0 Å². The van der Waals surface area contributed by atoms with Gasteiger partial charge in [-0.25, -0.2) is 18.4 Å². The third kappa shape index (κ3) is 5.77. The van der Waals surface area contributed by atoms with Gasteiger partial charge in [-0.15, -0.1) is 0 Å². The minimum atomic E-state index is -3.90. The summed E-state index contributed by atoms with van der Waals surface area (Å²) in [6.07, 6.45) is 5.56. The van der Waals surface area contributed by atoms with Gasteiger partial charge in [0.25, 0.3) is 15.9 Å². The number of ether oxygens (including phenoxy) is 3. The molecule has 2 aromatic carbocycles. The van der Waals surface area contributed by atoms with Crippen molar-refractivity contribution in [2.75, 3.05) is 31.4 Å². The van der Waals surface area contributed by atoms with Crippen LogP contribution in [0.4, 0.5) is 11.5 Å². The fraction of sp³-hybridized carbons (Fsp3) is 0.136. The van der Waals surface area contributed by atoms with Crippen LogP contribution < -0.4 is 24.2 Å². The van der Waals surface area contributed by atoms with Crippen molar-refractivity contribution in [2.24, 2.45) is 0 Å². The average molecular weight is 471 g/mol. The highest BCUT2D eigenvalue weighted by Crippen LogP contribution is 2.28. The van der Waals surface area contributed by atoms with E-state index in [-0.39, 0.29) is 22.4 Å². The Hall–Kier alpha value is -4.12. The molecule has 3 aromatic rings. The van der Waals surface area contributed by atoms with Crippen molar-refractivity contribution in [1.29, 1.82) is 0 Å². The van der Waals surface area contributed by atoms with Crippen molar-refractivity contribution in [3.8, 4) is 17.4 Å². The van der Waals surface area contributed by atoms with E-state index in [0.29, 0.717) is 22.7 Å². The lowest BCUT2D eigenvalue weighted by Gasteiger charge is -2.10. The molecule has 0 aliphatic rings. The Bertz CT molecular complexity index is 1260. The SMILES string of the molecule is COc1ccc(C(=O)C=CNc2ccc(S(=O)(=O)Nc3nccnc3OC)cc2)cc1OC. The summed E-state index contributed by atoms with van der Waals surface area (Å²) >= 11 is 0. The lowest BCUT2D eigenvalue weighted by Crippen LogP contribution is -2.15. The van der Waals surface area contributed by atoms with Crippen molar-refractivity contribution in [3.05, 3.63) is 72.7 Å². The Balaban J connectivity index is 1.66. The summed E-state index contributed by atoms with van der Waals surface area (Å²) in [6, 6.07) is 10.8. The van der Waals surface area contributed by atoms with Crippen LogP contribution in [0.1, 0.15) is 10.4 Å². The van der Waals surface area contributed by atoms with Gasteiger partial charge in [-0.2, -0.15) is 0 Å². The molecule has 11 heteroatoms. The summed E-state index contributed by atoms with van der Waals surface area (Å²) in [6.45, 7) is 0. The van der Waals surface area contributed by atoms with E-state index in [1.807, 2.05) is 0 Å². The first-order chi connectivity index (χ1) is 15.9. The van der Waals surface area contributed by atoms with Crippen molar-refractivity contribution in [1.82, 2.24) is 9.97 Å². The molecule has 33 heavy (non-hydrogen) atoms. The van der Waals surface area contributed by atoms with E-state index in [4.69, 9.17) is 14.2 Å². The van der Waals surface area contributed by atoms with Gasteiger partial charge in [-0.3, -0.25) is 9.52 Å². The monoisotopic (exact) mass is 470 g/mol. The van der Waals surface area contributed by atoms with Crippen LogP contribution in [0.2, 0.25) is 0 Å². The average Bonchev–Trinajstić information content (AvgIpc) is 2.84. The molecule has 0 aliphatic heterocycles. The van der Waals surface area contributed by atoms with Gasteiger partial charge in [0.15, 0.2) is 17.3 Å². The largest absolute Gasteiger partial charge is 0.493 e. The summed E-state index contributed by atoms with van der Waals surface area (Å²) in [4.78, 5) is 20.2. The number of methoxy groups -OCH3 is 3. The third-order valence-electron chi connectivity index (χ3n) is 4.41. The molecule has 0 saturated heterocycles. The second-order valence-electron chi connectivity index (χ2n) is 6.46. The van der Waals surface area contributed by atoms with Crippen LogP contribution in [0.3, 0.4) is 0 Å². The molecule has 2 N–H and O–H groups in total. The van der Waals surface area contributed by atoms with Gasteiger partial charge in [0.05, 0.1) is 26.2 Å². The molecular formula is C22H22N4O6S. The van der Waals surface area contributed by atoms with E-state index in [2.05, 4.69) is 20.0 Å². The highest BCUT2D eigenvalue weighted by atomic mass is 32.2. The van der Waals surface area contributed by atoms with E-state index in [1.165, 1.54) is 58.1 Å². The zero-order chi connectivity index (χ0) is 23.8. The van der Waals surface area contributed by atoms with Gasteiger partial charge in [0.1, 0.15) is 0 Å². The molecule has 0 radical (unpaired) electrons. The highest BCUT2D eigenvalue weighted by molar-refractivity contribution is 7.92. The molecule has 0 amide bonds. The number of aromatic nitrogens is 2. The van der Waals surface area contributed by atoms with Crippen LogP contribution in [0.25, 0.3) is 0 Å². The first-order valence-electron chi connectivity index (χ1n) is 9.55. The van der Waals surface area contributed by atoms with E-state index in [1.54, 1.807) is 30.3 Å². The second-order valence-corrected chi connectivity index (χ2v) is 8.14. The summed E-state index contributed by atoms with van der Waals surface area (Å²) < 4.78 is 42.9. The number of rotatable bonds is 10. The number of hydrogen-bond acceptors (Lipinski definition) is 9. The van der Waals surface area contributed by atoms with Gasteiger partial charge >= 0.3 is 0 Å². The lowest BCUT2D eigenvalue weighted by atomic mass is 10.1. The van der Waals surface area contributed by atoms with Crippen LogP contribution in [-0.4, -0.2) is 45.5 Å². The maximum Gasteiger partial charge on any atom is 0.263 e. The molecule has 10 nitrogen and oxygen atoms in total. The van der Waals surface area contributed by atoms with Crippen molar-refractivity contribution in [3.63, 3.8) is 0 Å². The fourth-order valence-corrected chi connectivity index (χ4v) is 3.77. The smallest absolute Gasteiger partial charge is 0.263 e. The Kier molecular flexibility index (Phi) is 7.46. The number of anilines is 2. The molecule has 0 atom stereocenters. The standard InChI is InChI=1S/C22H22N4O6S/c1-30-19-9-4-15(14-20(19)31-2)18(27)10-11-23-16-5-7-17(8-6-16)33(28,29)26-21-22(32-3)25-13-12-24-21/h4-14,23H,1-3H3,(H,24,26). The first-order valence-corrected chi connectivity index (χ1v) is 11.0. The zero-order valence-electron chi connectivity index (χ0n) is 18.1. The molecule has 3 rings (SSSR count). The molecule has 0 saturated carbocycles. The zero-order valence-corrected chi connectivity index (χ0v) is 18.9. The summed E-state index contributed by atoms with van der Waals surface area (Å²) in [5.41, 5.74) is 1.01. The second kappa shape index (κ2) is 10.5. The molecule has 0 unspecified atom stereocenters. The normalized spacial score (nSPS) is 11.1. The van der Waals surface area contributed by atoms with E-state index in [9.17, 15) is 13.2 Å². The number of carbonyl (C=O) groups is 1. The van der Waals surface area contributed by atoms with Crippen molar-refractivity contribution >= 4 is 27.3 Å². The van der Waals surface area contributed by atoms with Gasteiger partial charge in [-0.1, -0.05) is 0 Å². The number of ketones is 1. The van der Waals surface area contributed by atoms with E-state index in [0.717, 1.165) is 0 Å². The molecule has 0 spiro atoms. The number of carbonyl (C=O) groups excluding carboxylic acids is 1. The Labute approximate surface area is 191 Å². The van der Waals surface area contributed by atoms with Gasteiger partial charge in [0, 0.05) is 35.9 Å². The predicted octanol–water partition coefficient (Wildman–Crippen LogP) is 3.11. The van der Waals surface area contributed by atoms with Gasteiger partial charge in [0.2, 0.25) is 5.82 Å². The molecule has 0 aliphatic carbocycles. The third-order valence-corrected chi connectivity index (χ3v) is 5.76. The van der Waals surface area contributed by atoms with Gasteiger partial charge < -0.3 is 19.5 Å². The number of nitrogens with zero attached hydrogens (tertiary/aromatic N) is 2. The Morgan fingerprint density at radius 2 is 1.61 bits per heavy atom. The minimum absolute atomic E-state index is 0.0150. The van der Waals surface area contributed by atoms with Crippen LogP contribution in [-0.2, 0) is 10.0 Å². The molecule has 1 aromatic heterocycles. The number of allylic oxidation sites excluding steroid dienone is 1. The predicted molar refractivity (Wildman–Crippen MR) is 122 cm³/mol. The van der Waals surface area contributed by atoms with E-state index >= 15 is 0 Å². The number of sulfonamides is 1. The number of benzene rings is 2.